The van der Waals surface area contributed by atoms with Crippen molar-refractivity contribution in [3.05, 3.63) is 64.2 Å². The molecular weight excluding hydrogens is 248 g/mol. The third kappa shape index (κ3) is 2.86. The molecule has 2 aromatic carbocycles. The van der Waals surface area contributed by atoms with E-state index in [2.05, 4.69) is 5.32 Å². The zero-order valence-corrected chi connectivity index (χ0v) is 9.70. The first-order valence-corrected chi connectivity index (χ1v) is 5.40. The van der Waals surface area contributed by atoms with Crippen LogP contribution in [-0.2, 0) is 0 Å². The Morgan fingerprint density at radius 2 is 1.79 bits per heavy atom. The standard InChI is InChI=1S/C13H10N2O4/c16-12-7-6-10(15(18)19)8-11(12)14-13(17)9-4-2-1-3-5-9/h1-8,16H,(H,14,17)/p-1. The maximum atomic E-state index is 11.8. The van der Waals surface area contributed by atoms with E-state index in [1.54, 1.807) is 30.3 Å². The molecule has 0 unspecified atom stereocenters. The molecule has 2 rings (SSSR count). The molecule has 0 saturated carbocycles. The summed E-state index contributed by atoms with van der Waals surface area (Å²) in [6, 6.07) is 11.5. The number of hydrogen-bond donors (Lipinski definition) is 1. The minimum absolute atomic E-state index is 0.108. The van der Waals surface area contributed by atoms with Crippen molar-refractivity contribution >= 4 is 17.3 Å². The first-order chi connectivity index (χ1) is 9.08. The first kappa shape index (κ1) is 12.6. The molecule has 0 heterocycles. The highest BCUT2D eigenvalue weighted by Gasteiger charge is 2.10. The van der Waals surface area contributed by atoms with Gasteiger partial charge in [-0.05, 0) is 12.1 Å². The number of non-ortho nitro benzene ring substituents is 1. The van der Waals surface area contributed by atoms with Crippen LogP contribution >= 0.6 is 0 Å². The van der Waals surface area contributed by atoms with E-state index in [1.807, 2.05) is 0 Å². The Labute approximate surface area is 108 Å². The van der Waals surface area contributed by atoms with Crippen LogP contribution in [0.1, 0.15) is 10.4 Å². The second kappa shape index (κ2) is 5.18. The number of nitro groups is 1. The fourth-order valence-electron chi connectivity index (χ4n) is 1.51. The van der Waals surface area contributed by atoms with Crippen molar-refractivity contribution in [3.8, 4) is 5.75 Å². The van der Waals surface area contributed by atoms with Gasteiger partial charge in [0, 0.05) is 23.4 Å². The van der Waals surface area contributed by atoms with Gasteiger partial charge in [0.05, 0.1) is 4.92 Å². The van der Waals surface area contributed by atoms with Gasteiger partial charge in [-0.15, -0.1) is 0 Å². The molecule has 0 spiro atoms. The van der Waals surface area contributed by atoms with Gasteiger partial charge >= 0.3 is 0 Å². The van der Waals surface area contributed by atoms with Crippen molar-refractivity contribution in [2.24, 2.45) is 0 Å². The number of nitro benzene ring substituents is 1. The molecular formula is C13H9N2O4-. The van der Waals surface area contributed by atoms with E-state index < -0.39 is 16.6 Å². The largest absolute Gasteiger partial charge is 0.871 e. The lowest BCUT2D eigenvalue weighted by Crippen LogP contribution is -2.13. The Bertz CT molecular complexity index is 626. The van der Waals surface area contributed by atoms with Crippen molar-refractivity contribution in [2.75, 3.05) is 5.32 Å². The van der Waals surface area contributed by atoms with E-state index in [9.17, 15) is 20.0 Å². The van der Waals surface area contributed by atoms with Gasteiger partial charge < -0.3 is 10.4 Å². The lowest BCUT2D eigenvalue weighted by atomic mass is 10.2. The van der Waals surface area contributed by atoms with Gasteiger partial charge in [-0.25, -0.2) is 0 Å². The van der Waals surface area contributed by atoms with Gasteiger partial charge in [0.25, 0.3) is 11.6 Å². The lowest BCUT2D eigenvalue weighted by Gasteiger charge is -2.13. The number of carbonyl (C=O) groups is 1. The number of anilines is 1. The van der Waals surface area contributed by atoms with E-state index in [1.165, 1.54) is 0 Å². The van der Waals surface area contributed by atoms with Crippen molar-refractivity contribution in [1.29, 1.82) is 0 Å². The SMILES string of the molecule is O=C(Nc1cc([N+](=O)[O-])ccc1[O-])c1ccccc1. The maximum absolute atomic E-state index is 11.8. The molecule has 0 aliphatic rings. The third-order valence-electron chi connectivity index (χ3n) is 2.46. The quantitative estimate of drug-likeness (QED) is 0.671. The van der Waals surface area contributed by atoms with Gasteiger partial charge in [-0.1, -0.05) is 30.0 Å². The van der Waals surface area contributed by atoms with E-state index in [-0.39, 0.29) is 11.4 Å². The molecule has 19 heavy (non-hydrogen) atoms. The molecule has 0 aliphatic heterocycles. The minimum Gasteiger partial charge on any atom is -0.871 e. The predicted molar refractivity (Wildman–Crippen MR) is 66.9 cm³/mol. The highest BCUT2D eigenvalue weighted by atomic mass is 16.6. The van der Waals surface area contributed by atoms with E-state index in [0.29, 0.717) is 5.56 Å². The topological polar surface area (TPSA) is 95.3 Å². The molecule has 1 amide bonds. The smallest absolute Gasteiger partial charge is 0.271 e. The highest BCUT2D eigenvalue weighted by molar-refractivity contribution is 6.05. The first-order valence-electron chi connectivity index (χ1n) is 5.40. The Morgan fingerprint density at radius 1 is 1.11 bits per heavy atom. The van der Waals surface area contributed by atoms with Crippen LogP contribution < -0.4 is 10.4 Å². The Morgan fingerprint density at radius 3 is 2.42 bits per heavy atom. The fraction of sp³-hybridized carbons (Fsp3) is 0. The monoisotopic (exact) mass is 257 g/mol. The van der Waals surface area contributed by atoms with Gasteiger partial charge in [0.1, 0.15) is 0 Å². The van der Waals surface area contributed by atoms with Crippen molar-refractivity contribution in [2.45, 2.75) is 0 Å². The number of hydrogen-bond acceptors (Lipinski definition) is 4. The van der Waals surface area contributed by atoms with Crippen LogP contribution in [0.2, 0.25) is 0 Å². The molecule has 96 valence electrons. The van der Waals surface area contributed by atoms with Gasteiger partial charge in [0.2, 0.25) is 0 Å². The summed E-state index contributed by atoms with van der Waals surface area (Å²) in [4.78, 5) is 21.8. The van der Waals surface area contributed by atoms with E-state index in [4.69, 9.17) is 0 Å². The van der Waals surface area contributed by atoms with E-state index >= 15 is 0 Å². The molecule has 2 aromatic rings. The van der Waals surface area contributed by atoms with Crippen molar-refractivity contribution in [3.63, 3.8) is 0 Å². The number of rotatable bonds is 3. The number of nitrogens with zero attached hydrogens (tertiary/aromatic N) is 1. The summed E-state index contributed by atoms with van der Waals surface area (Å²) < 4.78 is 0. The van der Waals surface area contributed by atoms with Gasteiger partial charge in [-0.3, -0.25) is 14.9 Å². The molecule has 1 N–H and O–H groups in total. The number of nitrogens with one attached hydrogen (secondary N) is 1. The summed E-state index contributed by atoms with van der Waals surface area (Å²) in [5.41, 5.74) is 0.0134. The average molecular weight is 257 g/mol. The normalized spacial score (nSPS) is 9.89. The fourth-order valence-corrected chi connectivity index (χ4v) is 1.51. The molecule has 0 bridgehead atoms. The maximum Gasteiger partial charge on any atom is 0.271 e. The second-order valence-electron chi connectivity index (χ2n) is 3.76. The summed E-state index contributed by atoms with van der Waals surface area (Å²) in [6.45, 7) is 0. The molecule has 0 atom stereocenters. The summed E-state index contributed by atoms with van der Waals surface area (Å²) >= 11 is 0. The van der Waals surface area contributed by atoms with Gasteiger partial charge in [0.15, 0.2) is 0 Å². The van der Waals surface area contributed by atoms with Gasteiger partial charge in [-0.2, -0.15) is 0 Å². The van der Waals surface area contributed by atoms with Crippen LogP contribution in [0.5, 0.6) is 5.75 Å². The summed E-state index contributed by atoms with van der Waals surface area (Å²) in [5, 5.41) is 24.5. The van der Waals surface area contributed by atoms with Crippen LogP contribution in [0.15, 0.2) is 48.5 Å². The predicted octanol–water partition coefficient (Wildman–Crippen LogP) is 1.92. The second-order valence-corrected chi connectivity index (χ2v) is 3.76. The zero-order chi connectivity index (χ0) is 13.8. The van der Waals surface area contributed by atoms with Crippen LogP contribution in [0.4, 0.5) is 11.4 Å². The van der Waals surface area contributed by atoms with Crippen LogP contribution in [0.3, 0.4) is 0 Å². The van der Waals surface area contributed by atoms with Crippen LogP contribution in [-0.4, -0.2) is 10.8 Å². The summed E-state index contributed by atoms with van der Waals surface area (Å²) in [5.74, 6) is -0.965. The van der Waals surface area contributed by atoms with Crippen molar-refractivity contribution < 1.29 is 14.8 Å². The molecule has 0 fully saturated rings. The Kier molecular flexibility index (Phi) is 3.42. The van der Waals surface area contributed by atoms with Crippen LogP contribution in [0.25, 0.3) is 0 Å². The van der Waals surface area contributed by atoms with Crippen molar-refractivity contribution in [1.82, 2.24) is 0 Å². The third-order valence-corrected chi connectivity index (χ3v) is 2.46. The highest BCUT2D eigenvalue weighted by Crippen LogP contribution is 2.26. The molecule has 0 radical (unpaired) electrons. The zero-order valence-electron chi connectivity index (χ0n) is 9.70. The number of amides is 1. The Balaban J connectivity index is 2.26. The number of benzene rings is 2. The minimum atomic E-state index is -0.627. The molecule has 6 nitrogen and oxygen atoms in total. The van der Waals surface area contributed by atoms with E-state index in [0.717, 1.165) is 18.2 Å². The molecule has 6 heteroatoms. The number of carbonyl (C=O) groups excluding carboxylic acids is 1. The molecule has 0 saturated heterocycles. The molecule has 0 aromatic heterocycles. The Hall–Kier alpha value is -2.89. The lowest BCUT2D eigenvalue weighted by molar-refractivity contribution is -0.385. The average Bonchev–Trinajstić information content (AvgIpc) is 2.42. The van der Waals surface area contributed by atoms with Crippen LogP contribution in [0, 0.1) is 10.1 Å². The summed E-state index contributed by atoms with van der Waals surface area (Å²) in [7, 11) is 0. The summed E-state index contributed by atoms with van der Waals surface area (Å²) in [6.07, 6.45) is 0. The molecule has 0 aliphatic carbocycles.